The van der Waals surface area contributed by atoms with Crippen LogP contribution in [0.2, 0.25) is 5.02 Å². The summed E-state index contributed by atoms with van der Waals surface area (Å²) in [6.45, 7) is 4.37. The maximum Gasteiger partial charge on any atom is 0.0639 e. The van der Waals surface area contributed by atoms with Crippen LogP contribution in [0.4, 0.5) is 5.69 Å². The first kappa shape index (κ1) is 9.81. The van der Waals surface area contributed by atoms with Crippen molar-refractivity contribution in [1.29, 1.82) is 0 Å². The summed E-state index contributed by atoms with van der Waals surface area (Å²) >= 11 is 6.14. The third-order valence-corrected chi connectivity index (χ3v) is 3.02. The summed E-state index contributed by atoms with van der Waals surface area (Å²) in [4.78, 5) is 4.69. The number of anilines is 1. The van der Waals surface area contributed by atoms with E-state index in [0.29, 0.717) is 0 Å². The minimum absolute atomic E-state index is 0.858. The molecule has 2 nitrogen and oxygen atoms in total. The maximum atomic E-state index is 6.14. The van der Waals surface area contributed by atoms with Gasteiger partial charge in [-0.05, 0) is 19.2 Å². The lowest BCUT2D eigenvalue weighted by molar-refractivity contribution is 0.313. The molecule has 0 spiro atoms. The van der Waals surface area contributed by atoms with Gasteiger partial charge in [-0.1, -0.05) is 23.7 Å². The van der Waals surface area contributed by atoms with E-state index in [1.807, 2.05) is 18.2 Å². The molecular formula is C11H15ClN2. The third kappa shape index (κ3) is 2.02. The fraction of sp³-hybridized carbons (Fsp3) is 0.455. The Balaban J connectivity index is 2.12. The summed E-state index contributed by atoms with van der Waals surface area (Å²) in [5, 5.41) is 0.858. The molecule has 1 saturated heterocycles. The van der Waals surface area contributed by atoms with Gasteiger partial charge in [0.1, 0.15) is 0 Å². The molecule has 0 amide bonds. The van der Waals surface area contributed by atoms with E-state index in [0.717, 1.165) is 31.2 Å². The average molecular weight is 211 g/mol. The normalized spacial score (nSPS) is 18.6. The number of halogens is 1. The molecule has 0 unspecified atom stereocenters. The number of likely N-dealkylation sites (N-methyl/N-ethyl adjacent to an activating group) is 1. The number of para-hydroxylation sites is 1. The van der Waals surface area contributed by atoms with E-state index in [1.54, 1.807) is 0 Å². The Morgan fingerprint density at radius 2 is 1.71 bits per heavy atom. The lowest BCUT2D eigenvalue weighted by Gasteiger charge is -2.34. The van der Waals surface area contributed by atoms with Crippen LogP contribution >= 0.6 is 11.6 Å². The second-order valence-corrected chi connectivity index (χ2v) is 4.15. The van der Waals surface area contributed by atoms with Gasteiger partial charge in [-0.3, -0.25) is 0 Å². The summed E-state index contributed by atoms with van der Waals surface area (Å²) in [7, 11) is 2.16. The standard InChI is InChI=1S/C11H15ClN2/c1-13-6-8-14(9-7-13)11-5-3-2-4-10(11)12/h2-5H,6-9H2,1H3. The van der Waals surface area contributed by atoms with Gasteiger partial charge in [0.05, 0.1) is 10.7 Å². The van der Waals surface area contributed by atoms with Gasteiger partial charge < -0.3 is 9.80 Å². The van der Waals surface area contributed by atoms with E-state index in [1.165, 1.54) is 5.69 Å². The van der Waals surface area contributed by atoms with Gasteiger partial charge in [-0.25, -0.2) is 0 Å². The molecule has 1 heterocycles. The van der Waals surface area contributed by atoms with Gasteiger partial charge in [-0.2, -0.15) is 0 Å². The van der Waals surface area contributed by atoms with Crippen molar-refractivity contribution in [2.75, 3.05) is 38.1 Å². The summed E-state index contributed by atoms with van der Waals surface area (Å²) in [5.41, 5.74) is 1.17. The molecule has 0 aromatic heterocycles. The first-order chi connectivity index (χ1) is 6.77. The van der Waals surface area contributed by atoms with E-state index >= 15 is 0 Å². The van der Waals surface area contributed by atoms with Crippen LogP contribution in [-0.2, 0) is 0 Å². The second kappa shape index (κ2) is 4.20. The van der Waals surface area contributed by atoms with Crippen LogP contribution in [0, 0.1) is 0 Å². The topological polar surface area (TPSA) is 6.48 Å². The van der Waals surface area contributed by atoms with Crippen LogP contribution in [0.5, 0.6) is 0 Å². The number of rotatable bonds is 1. The van der Waals surface area contributed by atoms with E-state index in [-0.39, 0.29) is 0 Å². The zero-order chi connectivity index (χ0) is 9.97. The zero-order valence-corrected chi connectivity index (χ0v) is 9.17. The fourth-order valence-electron chi connectivity index (χ4n) is 1.76. The van der Waals surface area contributed by atoms with Gasteiger partial charge in [0.25, 0.3) is 0 Å². The van der Waals surface area contributed by atoms with Crippen molar-refractivity contribution in [2.45, 2.75) is 0 Å². The highest BCUT2D eigenvalue weighted by Gasteiger charge is 2.15. The Bertz CT molecular complexity index is 306. The van der Waals surface area contributed by atoms with Gasteiger partial charge in [0.15, 0.2) is 0 Å². The first-order valence-corrected chi connectivity index (χ1v) is 5.33. The molecule has 2 rings (SSSR count). The van der Waals surface area contributed by atoms with Crippen molar-refractivity contribution in [1.82, 2.24) is 4.90 Å². The van der Waals surface area contributed by atoms with Crippen LogP contribution < -0.4 is 4.90 Å². The van der Waals surface area contributed by atoms with Crippen LogP contribution in [0.3, 0.4) is 0 Å². The van der Waals surface area contributed by atoms with Crippen molar-refractivity contribution < 1.29 is 0 Å². The highest BCUT2D eigenvalue weighted by molar-refractivity contribution is 6.33. The number of benzene rings is 1. The Kier molecular flexibility index (Phi) is 2.94. The molecule has 1 fully saturated rings. The predicted octanol–water partition coefficient (Wildman–Crippen LogP) is 2.09. The van der Waals surface area contributed by atoms with Crippen molar-refractivity contribution in [3.63, 3.8) is 0 Å². The summed E-state index contributed by atoms with van der Waals surface area (Å²) in [5.74, 6) is 0. The smallest absolute Gasteiger partial charge is 0.0639 e. The van der Waals surface area contributed by atoms with Crippen LogP contribution in [0.1, 0.15) is 0 Å². The van der Waals surface area contributed by atoms with E-state index in [2.05, 4.69) is 22.9 Å². The van der Waals surface area contributed by atoms with Gasteiger partial charge >= 0.3 is 0 Å². The minimum atomic E-state index is 0.858. The number of hydrogen-bond donors (Lipinski definition) is 0. The van der Waals surface area contributed by atoms with Crippen molar-refractivity contribution >= 4 is 17.3 Å². The maximum absolute atomic E-state index is 6.14. The zero-order valence-electron chi connectivity index (χ0n) is 8.41. The fourth-order valence-corrected chi connectivity index (χ4v) is 2.01. The largest absolute Gasteiger partial charge is 0.368 e. The Morgan fingerprint density at radius 1 is 1.07 bits per heavy atom. The molecule has 1 aromatic rings. The van der Waals surface area contributed by atoms with Gasteiger partial charge in [0, 0.05) is 26.2 Å². The monoisotopic (exact) mass is 210 g/mol. The molecule has 0 radical (unpaired) electrons. The van der Waals surface area contributed by atoms with Crippen LogP contribution in [0.25, 0.3) is 0 Å². The number of piperazine rings is 1. The number of hydrogen-bond acceptors (Lipinski definition) is 2. The third-order valence-electron chi connectivity index (χ3n) is 2.70. The lowest BCUT2D eigenvalue weighted by atomic mass is 10.2. The molecule has 1 aromatic carbocycles. The highest BCUT2D eigenvalue weighted by atomic mass is 35.5. The van der Waals surface area contributed by atoms with E-state index < -0.39 is 0 Å². The molecule has 0 N–H and O–H groups in total. The van der Waals surface area contributed by atoms with Crippen molar-refractivity contribution in [3.8, 4) is 0 Å². The lowest BCUT2D eigenvalue weighted by Crippen LogP contribution is -2.44. The Hall–Kier alpha value is -0.730. The second-order valence-electron chi connectivity index (χ2n) is 3.74. The van der Waals surface area contributed by atoms with E-state index in [9.17, 15) is 0 Å². The van der Waals surface area contributed by atoms with Crippen molar-refractivity contribution in [3.05, 3.63) is 29.3 Å². The van der Waals surface area contributed by atoms with E-state index in [4.69, 9.17) is 11.6 Å². The van der Waals surface area contributed by atoms with Crippen LogP contribution in [0.15, 0.2) is 24.3 Å². The molecule has 0 bridgehead atoms. The minimum Gasteiger partial charge on any atom is -0.368 e. The molecular weight excluding hydrogens is 196 g/mol. The molecule has 0 atom stereocenters. The quantitative estimate of drug-likeness (QED) is 0.701. The molecule has 3 heteroatoms. The first-order valence-electron chi connectivity index (χ1n) is 4.95. The molecule has 14 heavy (non-hydrogen) atoms. The summed E-state index contributed by atoms with van der Waals surface area (Å²) in [6, 6.07) is 8.06. The SMILES string of the molecule is CN1CCN(c2ccccc2Cl)CC1. The van der Waals surface area contributed by atoms with Gasteiger partial charge in [0.2, 0.25) is 0 Å². The molecule has 76 valence electrons. The average Bonchev–Trinajstić information content (AvgIpc) is 2.20. The molecule has 1 aliphatic rings. The Morgan fingerprint density at radius 3 is 2.36 bits per heavy atom. The highest BCUT2D eigenvalue weighted by Crippen LogP contribution is 2.25. The Labute approximate surface area is 90.1 Å². The summed E-state index contributed by atoms with van der Waals surface area (Å²) < 4.78 is 0. The predicted molar refractivity (Wildman–Crippen MR) is 61.2 cm³/mol. The molecule has 0 aliphatic carbocycles. The van der Waals surface area contributed by atoms with Crippen LogP contribution in [-0.4, -0.2) is 38.1 Å². The molecule has 0 saturated carbocycles. The summed E-state index contributed by atoms with van der Waals surface area (Å²) in [6.07, 6.45) is 0. The molecule has 1 aliphatic heterocycles. The van der Waals surface area contributed by atoms with Crippen molar-refractivity contribution in [2.24, 2.45) is 0 Å². The number of nitrogens with zero attached hydrogens (tertiary/aromatic N) is 2. The van der Waals surface area contributed by atoms with Gasteiger partial charge in [-0.15, -0.1) is 0 Å².